The summed E-state index contributed by atoms with van der Waals surface area (Å²) in [4.78, 5) is 2.25. The molecular weight excluding hydrogens is 222 g/mol. The van der Waals surface area contributed by atoms with E-state index in [1.54, 1.807) is 0 Å². The Labute approximate surface area is 103 Å². The lowest BCUT2D eigenvalue weighted by molar-refractivity contribution is 0.578. The Balaban J connectivity index is 2.85. The van der Waals surface area contributed by atoms with Gasteiger partial charge in [-0.1, -0.05) is 13.8 Å². The van der Waals surface area contributed by atoms with Crippen LogP contribution in [0, 0.1) is 12.8 Å². The molecule has 0 aliphatic rings. The third-order valence-electron chi connectivity index (χ3n) is 2.85. The van der Waals surface area contributed by atoms with E-state index in [4.69, 9.17) is 11.6 Å². The molecule has 0 unspecified atom stereocenters. The lowest BCUT2D eigenvalue weighted by atomic mass is 10.1. The number of anilines is 1. The van der Waals surface area contributed by atoms with Crippen LogP contribution in [0.25, 0.3) is 0 Å². The number of hydrogen-bond donors (Lipinski definition) is 0. The molecule has 3 nitrogen and oxygen atoms in total. The van der Waals surface area contributed by atoms with Crippen LogP contribution >= 0.6 is 11.6 Å². The molecule has 0 bridgehead atoms. The van der Waals surface area contributed by atoms with E-state index in [1.807, 2.05) is 18.7 Å². The highest BCUT2D eigenvalue weighted by Crippen LogP contribution is 2.24. The highest BCUT2D eigenvalue weighted by molar-refractivity contribution is 6.17. The quantitative estimate of drug-likeness (QED) is 0.742. The molecule has 0 atom stereocenters. The van der Waals surface area contributed by atoms with Crippen LogP contribution in [-0.4, -0.2) is 23.4 Å². The van der Waals surface area contributed by atoms with Crippen molar-refractivity contribution < 1.29 is 0 Å². The van der Waals surface area contributed by atoms with Gasteiger partial charge in [-0.2, -0.15) is 5.10 Å². The van der Waals surface area contributed by atoms with Crippen molar-refractivity contribution in [3.05, 3.63) is 11.3 Å². The van der Waals surface area contributed by atoms with Gasteiger partial charge in [0, 0.05) is 26.2 Å². The zero-order chi connectivity index (χ0) is 12.3. The second-order valence-corrected chi connectivity index (χ2v) is 5.02. The van der Waals surface area contributed by atoms with Crippen molar-refractivity contribution in [3.63, 3.8) is 0 Å². The number of rotatable bonds is 5. The minimum Gasteiger partial charge on any atom is -0.360 e. The van der Waals surface area contributed by atoms with Crippen LogP contribution in [0.5, 0.6) is 0 Å². The predicted molar refractivity (Wildman–Crippen MR) is 70.2 cm³/mol. The van der Waals surface area contributed by atoms with E-state index >= 15 is 0 Å². The van der Waals surface area contributed by atoms with Gasteiger partial charge in [-0.05, 0) is 19.3 Å². The maximum atomic E-state index is 5.98. The molecule has 0 saturated carbocycles. The third-order valence-corrected chi connectivity index (χ3v) is 3.12. The molecule has 0 aromatic carbocycles. The van der Waals surface area contributed by atoms with E-state index in [1.165, 1.54) is 6.42 Å². The van der Waals surface area contributed by atoms with E-state index in [9.17, 15) is 0 Å². The Morgan fingerprint density at radius 3 is 2.56 bits per heavy atom. The number of halogens is 1. The van der Waals surface area contributed by atoms with Gasteiger partial charge in [-0.15, -0.1) is 11.6 Å². The van der Waals surface area contributed by atoms with Gasteiger partial charge < -0.3 is 4.90 Å². The largest absolute Gasteiger partial charge is 0.360 e. The SMILES string of the molecule is Cc1nn(C)c(N(C)CCC(C)C)c1CCl. The average Bonchev–Trinajstić information content (AvgIpc) is 2.49. The van der Waals surface area contributed by atoms with Crippen LogP contribution < -0.4 is 4.90 Å². The molecule has 0 saturated heterocycles. The molecule has 1 heterocycles. The standard InChI is InChI=1S/C12H22ClN3/c1-9(2)6-7-15(4)12-11(8-13)10(3)14-16(12)5/h9H,6-8H2,1-5H3. The molecule has 0 aliphatic carbocycles. The molecule has 1 rings (SSSR count). The van der Waals surface area contributed by atoms with Crippen LogP contribution in [0.3, 0.4) is 0 Å². The maximum absolute atomic E-state index is 5.98. The topological polar surface area (TPSA) is 21.1 Å². The van der Waals surface area contributed by atoms with E-state index in [0.29, 0.717) is 5.88 Å². The van der Waals surface area contributed by atoms with Gasteiger partial charge in [0.15, 0.2) is 0 Å². The van der Waals surface area contributed by atoms with Gasteiger partial charge in [0.05, 0.1) is 11.6 Å². The van der Waals surface area contributed by atoms with Gasteiger partial charge in [-0.25, -0.2) is 0 Å². The number of hydrogen-bond acceptors (Lipinski definition) is 2. The lowest BCUT2D eigenvalue weighted by Crippen LogP contribution is -2.23. The molecule has 1 aromatic rings. The van der Waals surface area contributed by atoms with Crippen LogP contribution in [0.4, 0.5) is 5.82 Å². The van der Waals surface area contributed by atoms with Gasteiger partial charge in [-0.3, -0.25) is 4.68 Å². The molecule has 4 heteroatoms. The molecule has 0 fully saturated rings. The van der Waals surface area contributed by atoms with E-state index < -0.39 is 0 Å². The van der Waals surface area contributed by atoms with E-state index in [2.05, 4.69) is 30.9 Å². The summed E-state index contributed by atoms with van der Waals surface area (Å²) in [5.41, 5.74) is 2.18. The predicted octanol–water partition coefficient (Wildman–Crippen LogP) is 2.95. The molecular formula is C12H22ClN3. The van der Waals surface area contributed by atoms with Crippen molar-refractivity contribution in [1.82, 2.24) is 9.78 Å². The zero-order valence-corrected chi connectivity index (χ0v) is 11.7. The summed E-state index contributed by atoms with van der Waals surface area (Å²) in [6.07, 6.45) is 1.18. The molecule has 0 spiro atoms. The molecule has 92 valence electrons. The Hall–Kier alpha value is -0.700. The van der Waals surface area contributed by atoms with Gasteiger partial charge >= 0.3 is 0 Å². The summed E-state index contributed by atoms with van der Waals surface area (Å²) >= 11 is 5.98. The lowest BCUT2D eigenvalue weighted by Gasteiger charge is -2.21. The summed E-state index contributed by atoms with van der Waals surface area (Å²) in [6, 6.07) is 0. The molecule has 0 radical (unpaired) electrons. The van der Waals surface area contributed by atoms with Crippen LogP contribution in [-0.2, 0) is 12.9 Å². The molecule has 16 heavy (non-hydrogen) atoms. The van der Waals surface area contributed by atoms with Crippen molar-refractivity contribution in [3.8, 4) is 0 Å². The number of aryl methyl sites for hydroxylation is 2. The molecule has 0 N–H and O–H groups in total. The minimum absolute atomic E-state index is 0.529. The summed E-state index contributed by atoms with van der Waals surface area (Å²) in [5, 5.41) is 4.42. The van der Waals surface area contributed by atoms with E-state index in [0.717, 1.165) is 29.5 Å². The minimum atomic E-state index is 0.529. The van der Waals surface area contributed by atoms with Gasteiger partial charge in [0.25, 0.3) is 0 Å². The first-order valence-electron chi connectivity index (χ1n) is 5.77. The van der Waals surface area contributed by atoms with Gasteiger partial charge in [0.1, 0.15) is 5.82 Å². The average molecular weight is 244 g/mol. The number of alkyl halides is 1. The second-order valence-electron chi connectivity index (χ2n) is 4.75. The first kappa shape index (κ1) is 13.4. The Kier molecular flexibility index (Phi) is 4.66. The van der Waals surface area contributed by atoms with E-state index in [-0.39, 0.29) is 0 Å². The number of nitrogens with zero attached hydrogens (tertiary/aromatic N) is 3. The maximum Gasteiger partial charge on any atom is 0.130 e. The zero-order valence-electron chi connectivity index (χ0n) is 10.9. The molecule has 0 amide bonds. The fraction of sp³-hybridized carbons (Fsp3) is 0.750. The summed E-state index contributed by atoms with van der Waals surface area (Å²) < 4.78 is 1.92. The fourth-order valence-electron chi connectivity index (χ4n) is 1.88. The number of aromatic nitrogens is 2. The Morgan fingerprint density at radius 2 is 2.06 bits per heavy atom. The monoisotopic (exact) mass is 243 g/mol. The smallest absolute Gasteiger partial charge is 0.130 e. The Bertz CT molecular complexity index is 344. The third kappa shape index (κ3) is 2.91. The van der Waals surface area contributed by atoms with Crippen molar-refractivity contribution in [2.75, 3.05) is 18.5 Å². The fourth-order valence-corrected chi connectivity index (χ4v) is 2.19. The van der Waals surface area contributed by atoms with Crippen LogP contribution in [0.1, 0.15) is 31.5 Å². The van der Waals surface area contributed by atoms with Crippen molar-refractivity contribution >= 4 is 17.4 Å². The first-order valence-corrected chi connectivity index (χ1v) is 6.30. The summed E-state index contributed by atoms with van der Waals surface area (Å²) in [6.45, 7) is 7.54. The Morgan fingerprint density at radius 1 is 1.44 bits per heavy atom. The normalized spacial score (nSPS) is 11.2. The molecule has 0 aliphatic heterocycles. The van der Waals surface area contributed by atoms with Crippen molar-refractivity contribution in [1.29, 1.82) is 0 Å². The van der Waals surface area contributed by atoms with Crippen LogP contribution in [0.2, 0.25) is 0 Å². The summed E-state index contributed by atoms with van der Waals surface area (Å²) in [7, 11) is 4.08. The first-order chi connectivity index (χ1) is 7.47. The van der Waals surface area contributed by atoms with Crippen molar-refractivity contribution in [2.45, 2.75) is 33.1 Å². The van der Waals surface area contributed by atoms with Crippen LogP contribution in [0.15, 0.2) is 0 Å². The van der Waals surface area contributed by atoms with Gasteiger partial charge in [0.2, 0.25) is 0 Å². The molecule has 1 aromatic heterocycles. The highest BCUT2D eigenvalue weighted by Gasteiger charge is 2.15. The second kappa shape index (κ2) is 5.58. The highest BCUT2D eigenvalue weighted by atomic mass is 35.5. The van der Waals surface area contributed by atoms with Crippen molar-refractivity contribution in [2.24, 2.45) is 13.0 Å². The summed E-state index contributed by atoms with van der Waals surface area (Å²) in [5.74, 6) is 2.39.